The molecule has 0 spiro atoms. The molecule has 8 rings (SSSR count). The highest BCUT2D eigenvalue weighted by atomic mass is 79.9. The Hall–Kier alpha value is -4.67. The first-order valence-electron chi connectivity index (χ1n) is 18.6. The van der Waals surface area contributed by atoms with Gasteiger partial charge in [0.15, 0.2) is 17.2 Å². The number of phenolic OH excluding ortho intramolecular Hbond substituents is 1. The molecule has 0 saturated heterocycles. The standard InChI is InChI=1S/C18H13Br2NO.C18H15ClN2O3S.C11H9Br2NO.3CH4/c1-22-18-16(20)11-15(19)14-10-9-13(21-17(14)18)8-7-12-5-3-2-4-6-12;1-20-25(23,24)16-11-15(19)14-10-9-13(21-17(14)18(16)22)8-7-12-5-3-2-4-6-12;1-6-3-4-7-8(12)5-9(13)11(15-2)10(7)14-6;;;/h2-11H,1H3;2-11,20,22H,1H3;3-5H,1-2H3;3*1H4/b2*8-7+;;;;. The van der Waals surface area contributed by atoms with Crippen molar-refractivity contribution < 1.29 is 23.0 Å². The van der Waals surface area contributed by atoms with Crippen LogP contribution in [-0.2, 0) is 10.0 Å². The lowest BCUT2D eigenvalue weighted by Gasteiger charge is -2.10. The molecule has 2 N–H and O–H groups in total. The van der Waals surface area contributed by atoms with E-state index in [0.29, 0.717) is 11.1 Å². The molecule has 65 heavy (non-hydrogen) atoms. The van der Waals surface area contributed by atoms with Crippen molar-refractivity contribution in [2.45, 2.75) is 34.1 Å². The fourth-order valence-corrected chi connectivity index (χ4v) is 10.1. The van der Waals surface area contributed by atoms with Crippen molar-refractivity contribution >= 4 is 142 Å². The maximum absolute atomic E-state index is 12.0. The van der Waals surface area contributed by atoms with Crippen molar-refractivity contribution in [2.75, 3.05) is 21.3 Å². The van der Waals surface area contributed by atoms with Gasteiger partial charge < -0.3 is 14.6 Å². The molecule has 5 aromatic carbocycles. The molecule has 9 nitrogen and oxygen atoms in total. The first-order chi connectivity index (χ1) is 29.7. The minimum atomic E-state index is -3.85. The number of nitrogens with zero attached hydrogens (tertiary/aromatic N) is 3. The summed E-state index contributed by atoms with van der Waals surface area (Å²) in [7, 11) is 0.714. The van der Waals surface area contributed by atoms with E-state index in [-0.39, 0.29) is 37.7 Å². The summed E-state index contributed by atoms with van der Waals surface area (Å²) in [6.45, 7) is 1.97. The molecule has 0 saturated carbocycles. The molecule has 0 bridgehead atoms. The van der Waals surface area contributed by atoms with Crippen LogP contribution in [0.15, 0.2) is 138 Å². The summed E-state index contributed by atoms with van der Waals surface area (Å²) >= 11 is 20.2. The van der Waals surface area contributed by atoms with Gasteiger partial charge in [0.2, 0.25) is 10.0 Å². The van der Waals surface area contributed by atoms with E-state index < -0.39 is 15.8 Å². The zero-order valence-electron chi connectivity index (χ0n) is 33.5. The number of rotatable bonds is 8. The Morgan fingerprint density at radius 3 is 1.48 bits per heavy atom. The monoisotopic (exact) mass is 1170 g/mol. The third-order valence-electron chi connectivity index (χ3n) is 9.19. The van der Waals surface area contributed by atoms with Crippen molar-refractivity contribution in [2.24, 2.45) is 0 Å². The molecule has 15 heteroatoms. The quantitative estimate of drug-likeness (QED) is 0.154. The van der Waals surface area contributed by atoms with Gasteiger partial charge in [0.1, 0.15) is 21.4 Å². The van der Waals surface area contributed by atoms with Crippen molar-refractivity contribution in [3.8, 4) is 17.2 Å². The van der Waals surface area contributed by atoms with Gasteiger partial charge in [-0.15, -0.1) is 0 Å². The molecule has 0 atom stereocenters. The molecule has 8 aromatic rings. The Kier molecular flexibility index (Phi) is 20.8. The van der Waals surface area contributed by atoms with Crippen LogP contribution in [0.1, 0.15) is 50.5 Å². The predicted molar refractivity (Wildman–Crippen MR) is 288 cm³/mol. The number of methoxy groups -OCH3 is 2. The van der Waals surface area contributed by atoms with Crippen LogP contribution in [0, 0.1) is 6.92 Å². The fourth-order valence-electron chi connectivity index (χ4n) is 6.10. The SMILES string of the molecule is C.C.C.CNS(=O)(=O)c1cc(Cl)c2ccc(/C=C/c3ccccc3)nc2c1O.COc1c(Br)cc(Br)c2ccc(/C=C/c3ccccc3)nc12.COc1c(Br)cc(Br)c2ccc(C)nc12. The van der Waals surface area contributed by atoms with Gasteiger partial charge in [-0.2, -0.15) is 0 Å². The maximum atomic E-state index is 12.0. The van der Waals surface area contributed by atoms with Gasteiger partial charge in [0.25, 0.3) is 0 Å². The molecule has 0 aliphatic carbocycles. The lowest BCUT2D eigenvalue weighted by atomic mass is 10.1. The highest BCUT2D eigenvalue weighted by molar-refractivity contribution is 9.11. The van der Waals surface area contributed by atoms with Gasteiger partial charge in [-0.3, -0.25) is 0 Å². The lowest BCUT2D eigenvalue weighted by molar-refractivity contribution is 0.416. The average Bonchev–Trinajstić information content (AvgIpc) is 3.27. The molecule has 0 amide bonds. The summed E-state index contributed by atoms with van der Waals surface area (Å²) in [4.78, 5) is 13.2. The van der Waals surface area contributed by atoms with Gasteiger partial charge >= 0.3 is 0 Å². The van der Waals surface area contributed by atoms with Crippen LogP contribution in [0.3, 0.4) is 0 Å². The first-order valence-corrected chi connectivity index (χ1v) is 23.6. The van der Waals surface area contributed by atoms with Crippen LogP contribution >= 0.6 is 75.3 Å². The van der Waals surface area contributed by atoms with Crippen molar-refractivity contribution in [3.05, 3.63) is 166 Å². The maximum Gasteiger partial charge on any atom is 0.244 e. The molecular formula is C50H49Br4ClN4O5S. The van der Waals surface area contributed by atoms with E-state index in [1.165, 1.54) is 13.1 Å². The number of aryl methyl sites for hydroxylation is 1. The van der Waals surface area contributed by atoms with Crippen molar-refractivity contribution in [1.82, 2.24) is 19.7 Å². The largest absolute Gasteiger partial charge is 0.504 e. The molecule has 3 aromatic heterocycles. The number of aromatic hydroxyl groups is 1. The Morgan fingerprint density at radius 1 is 0.585 bits per heavy atom. The second-order valence-corrected chi connectivity index (χ2v) is 18.9. The number of phenols is 1. The average molecular weight is 1170 g/mol. The molecule has 0 fully saturated rings. The predicted octanol–water partition coefficient (Wildman–Crippen LogP) is 15.6. The second kappa shape index (κ2) is 24.7. The molecule has 0 unspecified atom stereocenters. The first kappa shape index (κ1) is 54.7. The molecule has 0 radical (unpaired) electrons. The number of hydrogen-bond donors (Lipinski definition) is 2. The number of ether oxygens (including phenoxy) is 2. The van der Waals surface area contributed by atoms with Gasteiger partial charge in [-0.1, -0.05) is 139 Å². The molecular weight excluding hydrogens is 1120 g/mol. The molecule has 3 heterocycles. The number of fused-ring (bicyclic) bond motifs is 3. The highest BCUT2D eigenvalue weighted by Crippen LogP contribution is 2.39. The number of sulfonamides is 1. The van der Waals surface area contributed by atoms with Crippen molar-refractivity contribution in [1.29, 1.82) is 0 Å². The number of aromatic nitrogens is 3. The number of pyridine rings is 3. The van der Waals surface area contributed by atoms with Crippen LogP contribution in [0.25, 0.3) is 57.0 Å². The van der Waals surface area contributed by atoms with Crippen LogP contribution in [-0.4, -0.2) is 49.7 Å². The van der Waals surface area contributed by atoms with Gasteiger partial charge in [-0.05, 0) is 124 Å². The minimum Gasteiger partial charge on any atom is -0.504 e. The third kappa shape index (κ3) is 13.2. The number of nitrogens with one attached hydrogen (secondary N) is 1. The smallest absolute Gasteiger partial charge is 0.244 e. The normalized spacial score (nSPS) is 10.9. The Balaban J connectivity index is 0.000000260. The summed E-state index contributed by atoms with van der Waals surface area (Å²) in [5.41, 5.74) is 6.42. The van der Waals surface area contributed by atoms with Crippen molar-refractivity contribution in [3.63, 3.8) is 0 Å². The number of hydrogen-bond acceptors (Lipinski definition) is 8. The second-order valence-electron chi connectivity index (χ2n) is 13.3. The summed E-state index contributed by atoms with van der Waals surface area (Å²) in [6, 6.07) is 36.5. The number of benzene rings is 5. The summed E-state index contributed by atoms with van der Waals surface area (Å²) in [6.07, 6.45) is 7.71. The minimum absolute atomic E-state index is 0. The topological polar surface area (TPSA) is 124 Å². The van der Waals surface area contributed by atoms with E-state index in [1.807, 2.05) is 110 Å². The molecule has 0 aliphatic rings. The van der Waals surface area contributed by atoms with Crippen LogP contribution in [0.5, 0.6) is 17.2 Å². The van der Waals surface area contributed by atoms with E-state index in [9.17, 15) is 13.5 Å². The Morgan fingerprint density at radius 2 is 1.02 bits per heavy atom. The summed E-state index contributed by atoms with van der Waals surface area (Å²) < 4.78 is 40.8. The highest BCUT2D eigenvalue weighted by Gasteiger charge is 2.22. The molecule has 340 valence electrons. The van der Waals surface area contributed by atoms with Crippen LogP contribution in [0.2, 0.25) is 5.02 Å². The van der Waals surface area contributed by atoms with E-state index in [4.69, 9.17) is 26.1 Å². The van der Waals surface area contributed by atoms with E-state index in [0.717, 1.165) is 73.7 Å². The van der Waals surface area contributed by atoms with E-state index >= 15 is 0 Å². The Bertz CT molecular complexity index is 3090. The fraction of sp³-hybridized carbons (Fsp3) is 0.140. The van der Waals surface area contributed by atoms with Gasteiger partial charge in [0.05, 0.1) is 39.6 Å². The van der Waals surface area contributed by atoms with Gasteiger partial charge in [-0.25, -0.2) is 28.1 Å². The van der Waals surface area contributed by atoms with Crippen LogP contribution < -0.4 is 14.2 Å². The van der Waals surface area contributed by atoms with E-state index in [1.54, 1.807) is 32.4 Å². The zero-order valence-corrected chi connectivity index (χ0v) is 41.4. The number of halogens is 5. The van der Waals surface area contributed by atoms with E-state index in [2.05, 4.69) is 90.5 Å². The summed E-state index contributed by atoms with van der Waals surface area (Å²) in [5, 5.41) is 13.1. The zero-order chi connectivity index (χ0) is 44.6. The van der Waals surface area contributed by atoms with Gasteiger partial charge in [0, 0.05) is 30.8 Å². The Labute approximate surface area is 420 Å². The summed E-state index contributed by atoms with van der Waals surface area (Å²) in [5.74, 6) is 1.09. The van der Waals surface area contributed by atoms with Crippen LogP contribution in [0.4, 0.5) is 0 Å². The third-order valence-corrected chi connectivity index (χ3v) is 13.4. The molecule has 0 aliphatic heterocycles. The lowest BCUT2D eigenvalue weighted by Crippen LogP contribution is -2.18.